The van der Waals surface area contributed by atoms with Gasteiger partial charge in [-0.3, -0.25) is 4.79 Å². The van der Waals surface area contributed by atoms with Crippen molar-refractivity contribution < 1.29 is 9.53 Å². The summed E-state index contributed by atoms with van der Waals surface area (Å²) in [6, 6.07) is 7.46. The van der Waals surface area contributed by atoms with Crippen LogP contribution >= 0.6 is 11.6 Å². The highest BCUT2D eigenvalue weighted by Gasteiger charge is 2.16. The number of hydrogen-bond donors (Lipinski definition) is 0. The first-order valence-corrected chi connectivity index (χ1v) is 6.79. The molecule has 0 aliphatic heterocycles. The molecule has 18 heavy (non-hydrogen) atoms. The molecule has 0 radical (unpaired) electrons. The van der Waals surface area contributed by atoms with Gasteiger partial charge in [-0.15, -0.1) is 0 Å². The van der Waals surface area contributed by atoms with Crippen molar-refractivity contribution in [2.45, 2.75) is 47.1 Å². The lowest BCUT2D eigenvalue weighted by Crippen LogP contribution is -2.11. The fraction of sp³-hybridized carbons (Fsp3) is 0.533. The second-order valence-electron chi connectivity index (χ2n) is 4.28. The number of rotatable bonds is 4. The number of halogens is 1. The zero-order chi connectivity index (χ0) is 14.1. The van der Waals surface area contributed by atoms with E-state index >= 15 is 0 Å². The van der Waals surface area contributed by atoms with E-state index in [4.69, 9.17) is 16.3 Å². The maximum absolute atomic E-state index is 11.0. The van der Waals surface area contributed by atoms with E-state index in [0.717, 1.165) is 12.0 Å². The van der Waals surface area contributed by atoms with Crippen LogP contribution in [0.15, 0.2) is 24.3 Å². The van der Waals surface area contributed by atoms with Crippen molar-refractivity contribution in [1.29, 1.82) is 0 Å². The molecule has 3 heteroatoms. The molecule has 0 saturated carbocycles. The predicted molar refractivity (Wildman–Crippen MR) is 76.8 cm³/mol. The Hall–Kier alpha value is -1.02. The lowest BCUT2D eigenvalue weighted by Gasteiger charge is -2.19. The Morgan fingerprint density at radius 1 is 1.33 bits per heavy atom. The standard InChI is InChI=1S/C13H17ClO2.C2H6/c1-9(2)7-13(16-10(3)15)11-5-4-6-12(14)8-11;1-2/h4-6,8-9,13H,7H2,1-3H3;1-2H3. The highest BCUT2D eigenvalue weighted by Crippen LogP contribution is 2.27. The quantitative estimate of drug-likeness (QED) is 0.719. The summed E-state index contributed by atoms with van der Waals surface area (Å²) in [5, 5.41) is 0.665. The minimum absolute atomic E-state index is 0.198. The van der Waals surface area contributed by atoms with E-state index in [-0.39, 0.29) is 12.1 Å². The van der Waals surface area contributed by atoms with Gasteiger partial charge in [-0.1, -0.05) is 51.4 Å². The van der Waals surface area contributed by atoms with E-state index in [1.807, 2.05) is 38.1 Å². The van der Waals surface area contributed by atoms with E-state index in [2.05, 4.69) is 13.8 Å². The van der Waals surface area contributed by atoms with Crippen molar-refractivity contribution in [3.63, 3.8) is 0 Å². The van der Waals surface area contributed by atoms with Crippen LogP contribution in [-0.4, -0.2) is 5.97 Å². The summed E-state index contributed by atoms with van der Waals surface area (Å²) in [7, 11) is 0. The van der Waals surface area contributed by atoms with Crippen LogP contribution in [0.2, 0.25) is 5.02 Å². The van der Waals surface area contributed by atoms with Gasteiger partial charge in [0.1, 0.15) is 6.10 Å². The summed E-state index contributed by atoms with van der Waals surface area (Å²) in [6.07, 6.45) is 0.608. The summed E-state index contributed by atoms with van der Waals surface area (Å²) in [5.74, 6) is 0.203. The van der Waals surface area contributed by atoms with Gasteiger partial charge < -0.3 is 4.74 Å². The molecule has 0 amide bonds. The van der Waals surface area contributed by atoms with Crippen molar-refractivity contribution >= 4 is 17.6 Å². The second-order valence-corrected chi connectivity index (χ2v) is 4.72. The third-order valence-electron chi connectivity index (χ3n) is 2.21. The fourth-order valence-corrected chi connectivity index (χ4v) is 1.79. The minimum Gasteiger partial charge on any atom is -0.458 e. The molecular weight excluding hydrogens is 248 g/mol. The van der Waals surface area contributed by atoms with Gasteiger partial charge in [0.15, 0.2) is 0 Å². The van der Waals surface area contributed by atoms with Gasteiger partial charge in [0, 0.05) is 11.9 Å². The van der Waals surface area contributed by atoms with Crippen LogP contribution in [-0.2, 0) is 9.53 Å². The first-order valence-electron chi connectivity index (χ1n) is 6.41. The highest BCUT2D eigenvalue weighted by atomic mass is 35.5. The van der Waals surface area contributed by atoms with Crippen molar-refractivity contribution in [1.82, 2.24) is 0 Å². The molecule has 2 nitrogen and oxygen atoms in total. The summed E-state index contributed by atoms with van der Waals surface area (Å²) >= 11 is 5.92. The molecule has 0 N–H and O–H groups in total. The number of esters is 1. The first-order chi connectivity index (χ1) is 8.49. The number of hydrogen-bond acceptors (Lipinski definition) is 2. The van der Waals surface area contributed by atoms with Crippen LogP contribution in [0.3, 0.4) is 0 Å². The Morgan fingerprint density at radius 3 is 2.39 bits per heavy atom. The van der Waals surface area contributed by atoms with Crippen molar-refractivity contribution in [2.75, 3.05) is 0 Å². The Balaban J connectivity index is 0.00000137. The molecule has 1 atom stereocenters. The van der Waals surface area contributed by atoms with Gasteiger partial charge in [0.2, 0.25) is 0 Å². The third-order valence-corrected chi connectivity index (χ3v) is 2.45. The molecule has 0 fully saturated rings. The van der Waals surface area contributed by atoms with Gasteiger partial charge in [-0.25, -0.2) is 0 Å². The van der Waals surface area contributed by atoms with Crippen molar-refractivity contribution in [3.05, 3.63) is 34.9 Å². The third kappa shape index (κ3) is 6.65. The first kappa shape index (κ1) is 17.0. The van der Waals surface area contributed by atoms with Crippen LogP contribution in [0, 0.1) is 5.92 Å². The van der Waals surface area contributed by atoms with Crippen LogP contribution in [0.25, 0.3) is 0 Å². The molecule has 0 aliphatic carbocycles. The van der Waals surface area contributed by atoms with Gasteiger partial charge in [0.25, 0.3) is 0 Å². The van der Waals surface area contributed by atoms with Crippen LogP contribution in [0.5, 0.6) is 0 Å². The Morgan fingerprint density at radius 2 is 1.94 bits per heavy atom. The monoisotopic (exact) mass is 270 g/mol. The summed E-state index contributed by atoms with van der Waals surface area (Å²) < 4.78 is 5.30. The molecule has 102 valence electrons. The topological polar surface area (TPSA) is 26.3 Å². The van der Waals surface area contributed by atoms with Gasteiger partial charge in [0.05, 0.1) is 0 Å². The fourth-order valence-electron chi connectivity index (χ4n) is 1.59. The molecule has 0 bridgehead atoms. The number of carbonyl (C=O) groups is 1. The second kappa shape index (κ2) is 8.98. The number of ether oxygens (including phenoxy) is 1. The maximum Gasteiger partial charge on any atom is 0.303 e. The van der Waals surface area contributed by atoms with E-state index < -0.39 is 0 Å². The molecule has 0 saturated heterocycles. The molecule has 1 aromatic carbocycles. The predicted octanol–water partition coefficient (Wildman–Crippen LogP) is 5.02. The van der Waals surface area contributed by atoms with Crippen LogP contribution in [0.4, 0.5) is 0 Å². The summed E-state index contributed by atoms with van der Waals surface area (Å²) in [6.45, 7) is 9.62. The largest absolute Gasteiger partial charge is 0.458 e. The number of benzene rings is 1. The molecule has 0 heterocycles. The molecule has 0 aliphatic rings. The zero-order valence-corrected chi connectivity index (χ0v) is 12.6. The summed E-state index contributed by atoms with van der Waals surface area (Å²) in [4.78, 5) is 11.0. The van der Waals surface area contributed by atoms with E-state index in [0.29, 0.717) is 10.9 Å². The van der Waals surface area contributed by atoms with Gasteiger partial charge >= 0.3 is 5.97 Å². The van der Waals surface area contributed by atoms with Crippen molar-refractivity contribution in [3.8, 4) is 0 Å². The molecule has 0 spiro atoms. The smallest absolute Gasteiger partial charge is 0.303 e. The van der Waals surface area contributed by atoms with Crippen LogP contribution < -0.4 is 0 Å². The Bertz CT molecular complexity index is 361. The van der Waals surface area contributed by atoms with E-state index in [1.54, 1.807) is 0 Å². The van der Waals surface area contributed by atoms with Gasteiger partial charge in [-0.05, 0) is 30.0 Å². The average Bonchev–Trinajstić information content (AvgIpc) is 2.29. The lowest BCUT2D eigenvalue weighted by atomic mass is 9.99. The zero-order valence-electron chi connectivity index (χ0n) is 11.9. The molecular formula is C15H23ClO2. The van der Waals surface area contributed by atoms with Crippen LogP contribution in [0.1, 0.15) is 52.7 Å². The number of carbonyl (C=O) groups excluding carboxylic acids is 1. The van der Waals surface area contributed by atoms with Crippen molar-refractivity contribution in [2.24, 2.45) is 5.92 Å². The average molecular weight is 271 g/mol. The normalized spacial score (nSPS) is 11.5. The molecule has 1 unspecified atom stereocenters. The Kier molecular flexibility index (Phi) is 8.47. The van der Waals surface area contributed by atoms with Gasteiger partial charge in [-0.2, -0.15) is 0 Å². The highest BCUT2D eigenvalue weighted by molar-refractivity contribution is 6.30. The summed E-state index contributed by atoms with van der Waals surface area (Å²) in [5.41, 5.74) is 0.955. The Labute approximate surface area is 115 Å². The minimum atomic E-state index is -0.259. The SMILES string of the molecule is CC.CC(=O)OC(CC(C)C)c1cccc(Cl)c1. The molecule has 1 aromatic rings. The maximum atomic E-state index is 11.0. The molecule has 0 aromatic heterocycles. The van der Waals surface area contributed by atoms with E-state index in [1.165, 1.54) is 6.92 Å². The molecule has 1 rings (SSSR count). The lowest BCUT2D eigenvalue weighted by molar-refractivity contribution is -0.147. The van der Waals surface area contributed by atoms with E-state index in [9.17, 15) is 4.79 Å².